The van der Waals surface area contributed by atoms with Crippen LogP contribution in [-0.4, -0.2) is 12.5 Å². The lowest BCUT2D eigenvalue weighted by Gasteiger charge is -2.15. The largest absolute Gasteiger partial charge is 0.484 e. The highest BCUT2D eigenvalue weighted by atomic mass is 19.4. The van der Waals surface area contributed by atoms with Gasteiger partial charge in [0.05, 0.1) is 5.39 Å². The number of para-hydroxylation sites is 1. The summed E-state index contributed by atoms with van der Waals surface area (Å²) in [5, 5.41) is 2.64. The summed E-state index contributed by atoms with van der Waals surface area (Å²) in [6.07, 6.45) is -4.99. The molecule has 0 aliphatic rings. The number of halogens is 3. The van der Waals surface area contributed by atoms with E-state index < -0.39 is 35.6 Å². The molecule has 0 unspecified atom stereocenters. The number of ether oxygens (including phenoxy) is 2. The molecular weight excluding hydrogens is 487 g/mol. The first-order valence-electron chi connectivity index (χ1n) is 11.5. The van der Waals surface area contributed by atoms with Crippen LogP contribution in [0.2, 0.25) is 0 Å². The number of anilines is 1. The first-order valence-corrected chi connectivity index (χ1v) is 11.5. The lowest BCUT2D eigenvalue weighted by Crippen LogP contribution is -2.21. The number of hydrogen-bond acceptors (Lipinski definition) is 5. The van der Waals surface area contributed by atoms with Crippen molar-refractivity contribution in [1.82, 2.24) is 0 Å². The van der Waals surface area contributed by atoms with Crippen LogP contribution < -0.4 is 20.2 Å². The molecule has 0 saturated carbocycles. The minimum Gasteiger partial charge on any atom is -0.484 e. The Bertz CT molecular complexity index is 1510. The van der Waals surface area contributed by atoms with Crippen LogP contribution in [0.3, 0.4) is 0 Å². The molecule has 0 aliphatic heterocycles. The molecule has 3 aromatic carbocycles. The van der Waals surface area contributed by atoms with Gasteiger partial charge in [0.1, 0.15) is 17.1 Å². The third-order valence-electron chi connectivity index (χ3n) is 5.52. The van der Waals surface area contributed by atoms with E-state index in [-0.39, 0.29) is 28.4 Å². The molecule has 0 radical (unpaired) electrons. The Morgan fingerprint density at radius 1 is 1.00 bits per heavy atom. The van der Waals surface area contributed by atoms with E-state index >= 15 is 0 Å². The third kappa shape index (κ3) is 5.94. The van der Waals surface area contributed by atoms with Gasteiger partial charge in [-0.25, -0.2) is 0 Å². The van der Waals surface area contributed by atoms with Crippen LogP contribution in [-0.2, 0) is 11.0 Å². The van der Waals surface area contributed by atoms with Gasteiger partial charge in [-0.1, -0.05) is 44.2 Å². The predicted molar refractivity (Wildman–Crippen MR) is 133 cm³/mol. The fourth-order valence-corrected chi connectivity index (χ4v) is 3.77. The molecule has 0 fully saturated rings. The Morgan fingerprint density at radius 3 is 2.46 bits per heavy atom. The molecule has 0 saturated heterocycles. The first-order chi connectivity index (χ1) is 17.5. The van der Waals surface area contributed by atoms with Gasteiger partial charge in [0.15, 0.2) is 6.61 Å². The van der Waals surface area contributed by atoms with Crippen LogP contribution >= 0.6 is 0 Å². The second-order valence-corrected chi connectivity index (χ2v) is 8.74. The molecule has 6 nitrogen and oxygen atoms in total. The zero-order chi connectivity index (χ0) is 26.7. The number of hydrogen-bond donors (Lipinski definition) is 1. The van der Waals surface area contributed by atoms with Gasteiger partial charge < -0.3 is 19.2 Å². The number of amides is 1. The van der Waals surface area contributed by atoms with Crippen LogP contribution in [0.1, 0.15) is 36.7 Å². The summed E-state index contributed by atoms with van der Waals surface area (Å²) in [6, 6.07) is 17.4. The number of rotatable bonds is 7. The van der Waals surface area contributed by atoms with E-state index in [1.807, 2.05) is 26.0 Å². The van der Waals surface area contributed by atoms with Gasteiger partial charge >= 0.3 is 6.18 Å². The monoisotopic (exact) mass is 511 g/mol. The van der Waals surface area contributed by atoms with Gasteiger partial charge in [-0.05, 0) is 54.3 Å². The second kappa shape index (κ2) is 10.4. The molecule has 1 aromatic heterocycles. The van der Waals surface area contributed by atoms with E-state index in [0.717, 1.165) is 17.2 Å². The summed E-state index contributed by atoms with van der Waals surface area (Å²) in [7, 11) is 0. The van der Waals surface area contributed by atoms with E-state index in [4.69, 9.17) is 13.9 Å². The minimum atomic E-state index is -4.99. The fraction of sp³-hybridized carbons (Fsp3) is 0.214. The maximum Gasteiger partial charge on any atom is 0.453 e. The van der Waals surface area contributed by atoms with E-state index in [9.17, 15) is 22.8 Å². The first kappa shape index (κ1) is 25.8. The van der Waals surface area contributed by atoms with Crippen molar-refractivity contribution < 1.29 is 31.9 Å². The smallest absolute Gasteiger partial charge is 0.453 e. The zero-order valence-electron chi connectivity index (χ0n) is 20.3. The van der Waals surface area contributed by atoms with E-state index in [2.05, 4.69) is 5.32 Å². The summed E-state index contributed by atoms with van der Waals surface area (Å²) >= 11 is 0. The molecule has 9 heteroatoms. The van der Waals surface area contributed by atoms with Crippen LogP contribution in [0.4, 0.5) is 18.9 Å². The molecule has 1 heterocycles. The normalized spacial score (nSPS) is 11.5. The number of fused-ring (bicyclic) bond motifs is 1. The molecule has 37 heavy (non-hydrogen) atoms. The highest BCUT2D eigenvalue weighted by Gasteiger charge is 2.40. The topological polar surface area (TPSA) is 77.8 Å². The molecule has 0 bridgehead atoms. The SMILES string of the molecule is Cc1cccc(Oc2c(C(F)(F)F)oc3cc(OCC(=O)Nc4ccccc4C(C)C)ccc3c2=O)c1. The van der Waals surface area contributed by atoms with E-state index in [1.54, 1.807) is 31.2 Å². The molecule has 0 atom stereocenters. The van der Waals surface area contributed by atoms with Crippen LogP contribution in [0.15, 0.2) is 75.9 Å². The highest BCUT2D eigenvalue weighted by molar-refractivity contribution is 5.92. The number of alkyl halides is 3. The van der Waals surface area contributed by atoms with Crippen LogP contribution in [0.5, 0.6) is 17.2 Å². The Morgan fingerprint density at radius 2 is 1.76 bits per heavy atom. The van der Waals surface area contributed by atoms with E-state index in [0.29, 0.717) is 5.69 Å². The average Bonchev–Trinajstić information content (AvgIpc) is 2.84. The second-order valence-electron chi connectivity index (χ2n) is 8.74. The molecule has 4 aromatic rings. The number of carbonyl (C=O) groups is 1. The lowest BCUT2D eigenvalue weighted by atomic mass is 10.0. The summed E-state index contributed by atoms with van der Waals surface area (Å²) in [6.45, 7) is 5.34. The molecule has 0 spiro atoms. The average molecular weight is 511 g/mol. The summed E-state index contributed by atoms with van der Waals surface area (Å²) in [4.78, 5) is 25.4. The van der Waals surface area contributed by atoms with Crippen molar-refractivity contribution in [3.8, 4) is 17.2 Å². The Hall–Kier alpha value is -4.27. The van der Waals surface area contributed by atoms with Crippen LogP contribution in [0.25, 0.3) is 11.0 Å². The van der Waals surface area contributed by atoms with Gasteiger partial charge in [-0.15, -0.1) is 0 Å². The van der Waals surface area contributed by atoms with Gasteiger partial charge in [0.2, 0.25) is 11.2 Å². The van der Waals surface area contributed by atoms with Crippen molar-refractivity contribution in [2.75, 3.05) is 11.9 Å². The maximum atomic E-state index is 13.8. The Labute approximate surface area is 210 Å². The third-order valence-corrected chi connectivity index (χ3v) is 5.52. The molecular formula is C28H24F3NO5. The Kier molecular flexibility index (Phi) is 7.24. The minimum absolute atomic E-state index is 0.0587. The van der Waals surface area contributed by atoms with Crippen molar-refractivity contribution in [2.45, 2.75) is 32.9 Å². The zero-order valence-corrected chi connectivity index (χ0v) is 20.3. The molecule has 0 aliphatic carbocycles. The number of nitrogens with one attached hydrogen (secondary N) is 1. The number of carbonyl (C=O) groups excluding carboxylic acids is 1. The van der Waals surface area contributed by atoms with Crippen molar-refractivity contribution in [2.24, 2.45) is 0 Å². The summed E-state index contributed by atoms with van der Waals surface area (Å²) < 4.78 is 57.3. The summed E-state index contributed by atoms with van der Waals surface area (Å²) in [5.41, 5.74) is 1.01. The van der Waals surface area contributed by atoms with Crippen molar-refractivity contribution in [3.05, 3.63) is 93.8 Å². The quantitative estimate of drug-likeness (QED) is 0.288. The van der Waals surface area contributed by atoms with Gasteiger partial charge in [0.25, 0.3) is 11.7 Å². The number of benzene rings is 3. The van der Waals surface area contributed by atoms with Gasteiger partial charge in [-0.2, -0.15) is 13.2 Å². The molecule has 1 amide bonds. The maximum absolute atomic E-state index is 13.8. The van der Waals surface area contributed by atoms with Crippen molar-refractivity contribution in [1.29, 1.82) is 0 Å². The van der Waals surface area contributed by atoms with Crippen molar-refractivity contribution >= 4 is 22.6 Å². The Balaban J connectivity index is 1.59. The molecule has 1 N–H and O–H groups in total. The number of aryl methyl sites for hydroxylation is 1. The van der Waals surface area contributed by atoms with E-state index in [1.165, 1.54) is 24.3 Å². The van der Waals surface area contributed by atoms with Crippen LogP contribution in [0, 0.1) is 6.92 Å². The fourth-order valence-electron chi connectivity index (χ4n) is 3.77. The highest BCUT2D eigenvalue weighted by Crippen LogP contribution is 2.38. The standard InChI is InChI=1S/C28H24F3NO5/c1-16(2)20-9-4-5-10-22(20)32-24(33)15-35-18-11-12-21-23(14-18)37-27(28(29,30)31)26(25(21)34)36-19-8-6-7-17(3)13-19/h4-14,16H,15H2,1-3H3,(H,32,33). The predicted octanol–water partition coefficient (Wildman–Crippen LogP) is 7.05. The van der Waals surface area contributed by atoms with Gasteiger partial charge in [-0.3, -0.25) is 9.59 Å². The lowest BCUT2D eigenvalue weighted by molar-refractivity contribution is -0.154. The molecule has 192 valence electrons. The van der Waals surface area contributed by atoms with Crippen molar-refractivity contribution in [3.63, 3.8) is 0 Å². The molecule has 4 rings (SSSR count). The van der Waals surface area contributed by atoms with Gasteiger partial charge in [0, 0.05) is 11.8 Å². The summed E-state index contributed by atoms with van der Waals surface area (Å²) in [5.74, 6) is -2.66.